The second-order valence-electron chi connectivity index (χ2n) is 3.96. The third kappa shape index (κ3) is 5.30. The van der Waals surface area contributed by atoms with Gasteiger partial charge in [0.15, 0.2) is 0 Å². The van der Waals surface area contributed by atoms with Crippen molar-refractivity contribution >= 4 is 10.0 Å². The van der Waals surface area contributed by atoms with Crippen LogP contribution in [0.4, 0.5) is 0 Å². The van der Waals surface area contributed by atoms with Gasteiger partial charge in [-0.25, -0.2) is 13.1 Å². The summed E-state index contributed by atoms with van der Waals surface area (Å²) in [5.74, 6) is 0.591. The van der Waals surface area contributed by atoms with Crippen molar-refractivity contribution in [3.05, 3.63) is 12.7 Å². The van der Waals surface area contributed by atoms with Crippen molar-refractivity contribution in [3.63, 3.8) is 0 Å². The van der Waals surface area contributed by atoms with Crippen LogP contribution in [0.25, 0.3) is 0 Å². The van der Waals surface area contributed by atoms with Gasteiger partial charge in [0.05, 0.1) is 5.75 Å². The average Bonchev–Trinajstić information content (AvgIpc) is 2.25. The van der Waals surface area contributed by atoms with E-state index in [4.69, 9.17) is 0 Å². The highest BCUT2D eigenvalue weighted by Gasteiger charge is 2.16. The van der Waals surface area contributed by atoms with Gasteiger partial charge in [-0.2, -0.15) is 0 Å². The Hall–Kier alpha value is -0.390. The molecule has 1 fully saturated rings. The van der Waals surface area contributed by atoms with E-state index in [9.17, 15) is 8.42 Å². The molecule has 0 spiro atoms. The summed E-state index contributed by atoms with van der Waals surface area (Å²) in [7, 11) is -3.09. The highest BCUT2D eigenvalue weighted by Crippen LogP contribution is 2.08. The molecular weight excluding hydrogens is 212 g/mol. The molecule has 0 aromatic rings. The van der Waals surface area contributed by atoms with Crippen molar-refractivity contribution in [1.29, 1.82) is 0 Å². The number of allylic oxidation sites excluding steroid dienone is 1. The summed E-state index contributed by atoms with van der Waals surface area (Å²) in [6, 6.07) is 0. The zero-order valence-corrected chi connectivity index (χ0v) is 9.85. The molecule has 0 radical (unpaired) electrons. The SMILES string of the molecule is C=CCCS(=O)(=O)NCC1CCCNC1. The van der Waals surface area contributed by atoms with E-state index in [0.717, 1.165) is 25.9 Å². The Morgan fingerprint density at radius 1 is 1.53 bits per heavy atom. The van der Waals surface area contributed by atoms with Gasteiger partial charge in [-0.05, 0) is 38.3 Å². The summed E-state index contributed by atoms with van der Waals surface area (Å²) < 4.78 is 25.6. The van der Waals surface area contributed by atoms with Gasteiger partial charge in [0, 0.05) is 6.54 Å². The second-order valence-corrected chi connectivity index (χ2v) is 5.88. The van der Waals surface area contributed by atoms with Crippen LogP contribution in [0.15, 0.2) is 12.7 Å². The fraction of sp³-hybridized carbons (Fsp3) is 0.800. The first-order valence-corrected chi connectivity index (χ1v) is 7.08. The minimum Gasteiger partial charge on any atom is -0.316 e. The van der Waals surface area contributed by atoms with Crippen LogP contribution in [0.2, 0.25) is 0 Å². The topological polar surface area (TPSA) is 58.2 Å². The predicted octanol–water partition coefficient (Wildman–Crippen LogP) is 0.481. The minimum absolute atomic E-state index is 0.149. The molecule has 1 atom stereocenters. The Morgan fingerprint density at radius 2 is 2.33 bits per heavy atom. The van der Waals surface area contributed by atoms with Gasteiger partial charge in [-0.1, -0.05) is 6.08 Å². The standard InChI is InChI=1S/C10H20N2O2S/c1-2-3-7-15(13,14)12-9-10-5-4-6-11-8-10/h2,10-12H,1,3-9H2. The minimum atomic E-state index is -3.09. The molecule has 5 heteroatoms. The van der Waals surface area contributed by atoms with Gasteiger partial charge >= 0.3 is 0 Å². The van der Waals surface area contributed by atoms with Gasteiger partial charge in [0.25, 0.3) is 0 Å². The molecule has 1 rings (SSSR count). The predicted molar refractivity (Wildman–Crippen MR) is 62.2 cm³/mol. The first kappa shape index (κ1) is 12.7. The number of hydrogen-bond acceptors (Lipinski definition) is 3. The van der Waals surface area contributed by atoms with Crippen LogP contribution >= 0.6 is 0 Å². The average molecular weight is 232 g/mol. The van der Waals surface area contributed by atoms with Gasteiger partial charge in [-0.15, -0.1) is 6.58 Å². The monoisotopic (exact) mass is 232 g/mol. The molecule has 0 saturated carbocycles. The lowest BCUT2D eigenvalue weighted by Crippen LogP contribution is -2.38. The lowest BCUT2D eigenvalue weighted by molar-refractivity contribution is 0.376. The molecule has 0 aliphatic carbocycles. The summed E-state index contributed by atoms with van der Waals surface area (Å²) in [4.78, 5) is 0. The van der Waals surface area contributed by atoms with E-state index in [-0.39, 0.29) is 5.75 Å². The Bertz CT molecular complexity index is 282. The fourth-order valence-corrected chi connectivity index (χ4v) is 2.76. The first-order valence-electron chi connectivity index (χ1n) is 5.43. The lowest BCUT2D eigenvalue weighted by atomic mass is 10.0. The summed E-state index contributed by atoms with van der Waals surface area (Å²) in [5, 5.41) is 3.26. The maximum Gasteiger partial charge on any atom is 0.211 e. The summed E-state index contributed by atoms with van der Waals surface area (Å²) in [6.45, 7) is 6.05. The van der Waals surface area contributed by atoms with Crippen LogP contribution in [0.3, 0.4) is 0 Å². The van der Waals surface area contributed by atoms with Crippen LogP contribution in [0.1, 0.15) is 19.3 Å². The molecule has 0 aromatic carbocycles. The number of hydrogen-bond donors (Lipinski definition) is 2. The fourth-order valence-electron chi connectivity index (χ4n) is 1.65. The van der Waals surface area contributed by atoms with Crippen molar-refractivity contribution in [3.8, 4) is 0 Å². The number of nitrogens with one attached hydrogen (secondary N) is 2. The second kappa shape index (κ2) is 6.25. The molecular formula is C10H20N2O2S. The van der Waals surface area contributed by atoms with E-state index >= 15 is 0 Å². The Morgan fingerprint density at radius 3 is 2.93 bits per heavy atom. The summed E-state index contributed by atoms with van der Waals surface area (Å²) in [5.41, 5.74) is 0. The van der Waals surface area contributed by atoms with E-state index in [1.54, 1.807) is 6.08 Å². The molecule has 4 nitrogen and oxygen atoms in total. The van der Waals surface area contributed by atoms with Crippen LogP contribution in [-0.2, 0) is 10.0 Å². The maximum absolute atomic E-state index is 11.5. The molecule has 88 valence electrons. The van der Waals surface area contributed by atoms with E-state index < -0.39 is 10.0 Å². The van der Waals surface area contributed by atoms with Gasteiger partial charge in [-0.3, -0.25) is 0 Å². The van der Waals surface area contributed by atoms with Gasteiger partial charge in [0.2, 0.25) is 10.0 Å². The Kier molecular flexibility index (Phi) is 5.28. The molecule has 0 bridgehead atoms. The van der Waals surface area contributed by atoms with Crippen LogP contribution in [0, 0.1) is 5.92 Å². The highest BCUT2D eigenvalue weighted by atomic mass is 32.2. The van der Waals surface area contributed by atoms with Crippen LogP contribution in [0.5, 0.6) is 0 Å². The third-order valence-electron chi connectivity index (χ3n) is 2.58. The van der Waals surface area contributed by atoms with Gasteiger partial charge < -0.3 is 5.32 Å². The Labute approximate surface area is 92.2 Å². The third-order valence-corrected chi connectivity index (χ3v) is 3.96. The normalized spacial score (nSPS) is 22.5. The summed E-state index contributed by atoms with van der Waals surface area (Å²) in [6.07, 6.45) is 4.38. The number of piperidine rings is 1. The molecule has 1 aliphatic heterocycles. The van der Waals surface area contributed by atoms with Crippen molar-refractivity contribution in [2.24, 2.45) is 5.92 Å². The molecule has 0 aromatic heterocycles. The Balaban J connectivity index is 2.25. The maximum atomic E-state index is 11.5. The first-order chi connectivity index (χ1) is 7.14. The van der Waals surface area contributed by atoms with Crippen molar-refractivity contribution in [2.45, 2.75) is 19.3 Å². The van der Waals surface area contributed by atoms with E-state index in [0.29, 0.717) is 18.9 Å². The molecule has 0 amide bonds. The van der Waals surface area contributed by atoms with E-state index in [2.05, 4.69) is 16.6 Å². The van der Waals surface area contributed by atoms with E-state index in [1.165, 1.54) is 0 Å². The highest BCUT2D eigenvalue weighted by molar-refractivity contribution is 7.89. The molecule has 1 saturated heterocycles. The largest absolute Gasteiger partial charge is 0.316 e. The smallest absolute Gasteiger partial charge is 0.211 e. The van der Waals surface area contributed by atoms with Crippen molar-refractivity contribution in [2.75, 3.05) is 25.4 Å². The van der Waals surface area contributed by atoms with Crippen LogP contribution in [-0.4, -0.2) is 33.8 Å². The quantitative estimate of drug-likeness (QED) is 0.655. The zero-order valence-electron chi connectivity index (χ0n) is 9.04. The summed E-state index contributed by atoms with van der Waals surface area (Å²) >= 11 is 0. The van der Waals surface area contributed by atoms with E-state index in [1.807, 2.05) is 0 Å². The molecule has 1 unspecified atom stereocenters. The van der Waals surface area contributed by atoms with Crippen molar-refractivity contribution < 1.29 is 8.42 Å². The zero-order chi connectivity index (χ0) is 11.1. The number of rotatable bonds is 6. The molecule has 2 N–H and O–H groups in total. The molecule has 1 heterocycles. The van der Waals surface area contributed by atoms with Crippen molar-refractivity contribution in [1.82, 2.24) is 10.0 Å². The lowest BCUT2D eigenvalue weighted by Gasteiger charge is -2.22. The van der Waals surface area contributed by atoms with Gasteiger partial charge in [0.1, 0.15) is 0 Å². The van der Waals surface area contributed by atoms with Crippen LogP contribution < -0.4 is 10.0 Å². The molecule has 1 aliphatic rings. The number of sulfonamides is 1. The molecule has 15 heavy (non-hydrogen) atoms.